The molecule has 0 bridgehead atoms. The number of rotatable bonds is 5. The van der Waals surface area contributed by atoms with Crippen LogP contribution in [0.15, 0.2) is 18.7 Å². The van der Waals surface area contributed by atoms with Crippen LogP contribution in [-0.2, 0) is 4.74 Å². The molecule has 0 aromatic carbocycles. The second-order valence-corrected chi connectivity index (χ2v) is 4.92. The lowest BCUT2D eigenvalue weighted by atomic mass is 10.4. The average Bonchev–Trinajstić information content (AvgIpc) is 3.02. The summed E-state index contributed by atoms with van der Waals surface area (Å²) in [6.07, 6.45) is 5.02. The van der Waals surface area contributed by atoms with Crippen LogP contribution < -0.4 is 5.32 Å². The molecular weight excluding hydrogens is 294 g/mol. The highest BCUT2D eigenvalue weighted by atomic mass is 35.5. The van der Waals surface area contributed by atoms with Gasteiger partial charge in [0.15, 0.2) is 0 Å². The second-order valence-electron chi connectivity index (χ2n) is 4.58. The number of anilines is 1. The maximum Gasteiger partial charge on any atom is 0.241 e. The molecular formula is C12H16ClN7O. The Morgan fingerprint density at radius 3 is 2.86 bits per heavy atom. The molecule has 3 heterocycles. The SMILES string of the molecule is Clc1nc(NCCN2CCOCC2)nc(-n2ccnc2)n1. The van der Waals surface area contributed by atoms with Crippen LogP contribution in [0, 0.1) is 0 Å². The summed E-state index contributed by atoms with van der Waals surface area (Å²) in [5.74, 6) is 0.910. The van der Waals surface area contributed by atoms with Crippen LogP contribution in [0.4, 0.5) is 5.95 Å². The molecule has 112 valence electrons. The largest absolute Gasteiger partial charge is 0.379 e. The van der Waals surface area contributed by atoms with Gasteiger partial charge in [0.1, 0.15) is 6.33 Å². The van der Waals surface area contributed by atoms with Crippen molar-refractivity contribution in [1.82, 2.24) is 29.4 Å². The number of aromatic nitrogens is 5. The quantitative estimate of drug-likeness (QED) is 0.859. The third kappa shape index (κ3) is 3.87. The first-order chi connectivity index (χ1) is 10.3. The highest BCUT2D eigenvalue weighted by Crippen LogP contribution is 2.09. The molecule has 1 fully saturated rings. The van der Waals surface area contributed by atoms with Crippen molar-refractivity contribution in [3.8, 4) is 5.95 Å². The number of halogens is 1. The Labute approximate surface area is 127 Å². The average molecular weight is 310 g/mol. The summed E-state index contributed by atoms with van der Waals surface area (Å²) in [5, 5.41) is 3.33. The zero-order chi connectivity index (χ0) is 14.5. The van der Waals surface area contributed by atoms with Gasteiger partial charge in [-0.05, 0) is 11.6 Å². The molecule has 8 nitrogen and oxygen atoms in total. The molecule has 0 radical (unpaired) electrons. The van der Waals surface area contributed by atoms with E-state index < -0.39 is 0 Å². The van der Waals surface area contributed by atoms with Crippen molar-refractivity contribution in [1.29, 1.82) is 0 Å². The van der Waals surface area contributed by atoms with Gasteiger partial charge in [0.2, 0.25) is 17.2 Å². The molecule has 21 heavy (non-hydrogen) atoms. The van der Waals surface area contributed by atoms with Gasteiger partial charge in [-0.2, -0.15) is 15.0 Å². The van der Waals surface area contributed by atoms with Gasteiger partial charge in [0.05, 0.1) is 13.2 Å². The lowest BCUT2D eigenvalue weighted by Gasteiger charge is -2.26. The summed E-state index contributed by atoms with van der Waals surface area (Å²) in [4.78, 5) is 18.8. The molecule has 1 aliphatic heterocycles. The lowest BCUT2D eigenvalue weighted by molar-refractivity contribution is 0.0398. The van der Waals surface area contributed by atoms with E-state index in [9.17, 15) is 0 Å². The molecule has 9 heteroatoms. The number of ether oxygens (including phenoxy) is 1. The second kappa shape index (κ2) is 6.79. The third-order valence-corrected chi connectivity index (χ3v) is 3.32. The molecule has 0 amide bonds. The lowest BCUT2D eigenvalue weighted by Crippen LogP contribution is -2.39. The molecule has 0 atom stereocenters. The fourth-order valence-corrected chi connectivity index (χ4v) is 2.22. The van der Waals surface area contributed by atoms with E-state index >= 15 is 0 Å². The van der Waals surface area contributed by atoms with Gasteiger partial charge in [0, 0.05) is 38.6 Å². The van der Waals surface area contributed by atoms with E-state index in [1.165, 1.54) is 0 Å². The van der Waals surface area contributed by atoms with Gasteiger partial charge in [-0.3, -0.25) is 9.47 Å². The molecule has 0 saturated carbocycles. The van der Waals surface area contributed by atoms with Crippen LogP contribution in [0.1, 0.15) is 0 Å². The summed E-state index contributed by atoms with van der Waals surface area (Å²) >= 11 is 5.93. The van der Waals surface area contributed by atoms with Crippen LogP contribution in [0.2, 0.25) is 5.28 Å². The number of nitrogens with zero attached hydrogens (tertiary/aromatic N) is 6. The van der Waals surface area contributed by atoms with Crippen LogP contribution in [0.3, 0.4) is 0 Å². The fraction of sp³-hybridized carbons (Fsp3) is 0.500. The Kier molecular flexibility index (Phi) is 4.59. The number of imidazole rings is 1. The van der Waals surface area contributed by atoms with E-state index in [1.54, 1.807) is 23.3 Å². The Balaban J connectivity index is 1.60. The number of hydrogen-bond acceptors (Lipinski definition) is 7. The van der Waals surface area contributed by atoms with Crippen molar-refractivity contribution in [2.45, 2.75) is 0 Å². The molecule has 1 aliphatic rings. The minimum Gasteiger partial charge on any atom is -0.379 e. The Bertz CT molecular complexity index is 571. The number of morpholine rings is 1. The molecule has 0 spiro atoms. The normalized spacial score (nSPS) is 16.0. The summed E-state index contributed by atoms with van der Waals surface area (Å²) in [7, 11) is 0. The maximum atomic E-state index is 5.93. The van der Waals surface area contributed by atoms with Gasteiger partial charge in [-0.15, -0.1) is 0 Å². The van der Waals surface area contributed by atoms with Crippen LogP contribution in [0.25, 0.3) is 5.95 Å². The van der Waals surface area contributed by atoms with Crippen LogP contribution >= 0.6 is 11.6 Å². The predicted molar refractivity (Wildman–Crippen MR) is 77.7 cm³/mol. The third-order valence-electron chi connectivity index (χ3n) is 3.15. The summed E-state index contributed by atoms with van der Waals surface area (Å²) < 4.78 is 7.00. The van der Waals surface area contributed by atoms with Crippen molar-refractivity contribution < 1.29 is 4.74 Å². The van der Waals surface area contributed by atoms with Gasteiger partial charge >= 0.3 is 0 Å². The zero-order valence-corrected chi connectivity index (χ0v) is 12.2. The van der Waals surface area contributed by atoms with Crippen LogP contribution in [-0.4, -0.2) is 68.8 Å². The van der Waals surface area contributed by atoms with E-state index in [0.29, 0.717) is 11.9 Å². The van der Waals surface area contributed by atoms with E-state index in [1.807, 2.05) is 0 Å². The minimum atomic E-state index is 0.155. The summed E-state index contributed by atoms with van der Waals surface area (Å²) in [6.45, 7) is 5.15. The van der Waals surface area contributed by atoms with Gasteiger partial charge in [-0.25, -0.2) is 4.98 Å². The zero-order valence-electron chi connectivity index (χ0n) is 11.4. The molecule has 2 aromatic heterocycles. The van der Waals surface area contributed by atoms with Gasteiger partial charge < -0.3 is 10.1 Å². The Morgan fingerprint density at radius 1 is 1.24 bits per heavy atom. The number of hydrogen-bond donors (Lipinski definition) is 1. The number of nitrogens with one attached hydrogen (secondary N) is 1. The predicted octanol–water partition coefficient (Wildman–Crippen LogP) is 0.455. The van der Waals surface area contributed by atoms with Crippen molar-refractivity contribution in [3.05, 3.63) is 24.0 Å². The molecule has 1 N–H and O–H groups in total. The highest BCUT2D eigenvalue weighted by Gasteiger charge is 2.10. The van der Waals surface area contributed by atoms with E-state index in [4.69, 9.17) is 16.3 Å². The first kappa shape index (κ1) is 14.2. The first-order valence-electron chi connectivity index (χ1n) is 6.75. The smallest absolute Gasteiger partial charge is 0.241 e. The highest BCUT2D eigenvalue weighted by molar-refractivity contribution is 6.28. The van der Waals surface area contributed by atoms with Crippen molar-refractivity contribution in [3.63, 3.8) is 0 Å². The van der Waals surface area contributed by atoms with Gasteiger partial charge in [-0.1, -0.05) is 0 Å². The van der Waals surface area contributed by atoms with Crippen molar-refractivity contribution >= 4 is 17.5 Å². The Morgan fingerprint density at radius 2 is 2.10 bits per heavy atom. The van der Waals surface area contributed by atoms with Crippen molar-refractivity contribution in [2.75, 3.05) is 44.7 Å². The molecule has 1 saturated heterocycles. The molecule has 0 unspecified atom stereocenters. The Hall–Kier alpha value is -1.77. The topological polar surface area (TPSA) is 81.0 Å². The molecule has 3 rings (SSSR count). The standard InChI is InChI=1S/C12H16ClN7O/c13-10-16-11(15-2-3-19-5-7-21-8-6-19)18-12(17-10)20-4-1-14-9-20/h1,4,9H,2-3,5-8H2,(H,15,16,17,18). The van der Waals surface area contributed by atoms with Gasteiger partial charge in [0.25, 0.3) is 0 Å². The molecule has 2 aromatic rings. The summed E-state index contributed by atoms with van der Waals surface area (Å²) in [6, 6.07) is 0. The van der Waals surface area contributed by atoms with E-state index in [2.05, 4.69) is 30.2 Å². The van der Waals surface area contributed by atoms with Crippen LogP contribution in [0.5, 0.6) is 0 Å². The maximum absolute atomic E-state index is 5.93. The minimum absolute atomic E-state index is 0.155. The monoisotopic (exact) mass is 309 g/mol. The first-order valence-corrected chi connectivity index (χ1v) is 7.13. The van der Waals surface area contributed by atoms with Crippen molar-refractivity contribution in [2.24, 2.45) is 0 Å². The fourth-order valence-electron chi connectivity index (χ4n) is 2.06. The summed E-state index contributed by atoms with van der Waals surface area (Å²) in [5.41, 5.74) is 0. The van der Waals surface area contributed by atoms with E-state index in [0.717, 1.165) is 39.4 Å². The van der Waals surface area contributed by atoms with E-state index in [-0.39, 0.29) is 5.28 Å². The molecule has 0 aliphatic carbocycles.